The molecular formula is C19H25NO3. The molecule has 4 heteroatoms. The topological polar surface area (TPSA) is 57.6 Å². The largest absolute Gasteiger partial charge is 0.481 e. The molecule has 0 spiro atoms. The summed E-state index contributed by atoms with van der Waals surface area (Å²) < 4.78 is 0. The van der Waals surface area contributed by atoms with Crippen molar-refractivity contribution in [3.05, 3.63) is 35.4 Å². The van der Waals surface area contributed by atoms with E-state index in [1.54, 1.807) is 0 Å². The molecule has 4 nitrogen and oxygen atoms in total. The molecule has 1 saturated heterocycles. The van der Waals surface area contributed by atoms with E-state index < -0.39 is 5.97 Å². The van der Waals surface area contributed by atoms with E-state index in [-0.39, 0.29) is 18.2 Å². The molecule has 2 atom stereocenters. The highest BCUT2D eigenvalue weighted by molar-refractivity contribution is 5.84. The maximum absolute atomic E-state index is 13.0. The Morgan fingerprint density at radius 3 is 2.83 bits per heavy atom. The van der Waals surface area contributed by atoms with Gasteiger partial charge in [-0.1, -0.05) is 24.3 Å². The second-order valence-corrected chi connectivity index (χ2v) is 6.87. The molecule has 124 valence electrons. The SMILES string of the molecule is O=C(O)CC[C@H]1CCCN(C(=O)[C@@H]2CCCc3ccccc32)C1. The number of amides is 1. The summed E-state index contributed by atoms with van der Waals surface area (Å²) in [7, 11) is 0. The Balaban J connectivity index is 1.67. The summed E-state index contributed by atoms with van der Waals surface area (Å²) in [4.78, 5) is 25.8. The number of aryl methyl sites for hydroxylation is 1. The fourth-order valence-corrected chi connectivity index (χ4v) is 4.06. The third kappa shape index (κ3) is 3.74. The van der Waals surface area contributed by atoms with Gasteiger partial charge in [-0.15, -0.1) is 0 Å². The van der Waals surface area contributed by atoms with Gasteiger partial charge in [-0.3, -0.25) is 9.59 Å². The van der Waals surface area contributed by atoms with Gasteiger partial charge in [0.25, 0.3) is 0 Å². The zero-order valence-corrected chi connectivity index (χ0v) is 13.5. The lowest BCUT2D eigenvalue weighted by Gasteiger charge is -2.36. The van der Waals surface area contributed by atoms with Gasteiger partial charge in [0, 0.05) is 19.5 Å². The van der Waals surface area contributed by atoms with Gasteiger partial charge < -0.3 is 10.0 Å². The van der Waals surface area contributed by atoms with E-state index in [1.807, 2.05) is 11.0 Å². The van der Waals surface area contributed by atoms with E-state index in [1.165, 1.54) is 11.1 Å². The maximum Gasteiger partial charge on any atom is 0.303 e. The smallest absolute Gasteiger partial charge is 0.303 e. The first-order valence-electron chi connectivity index (χ1n) is 8.73. The summed E-state index contributed by atoms with van der Waals surface area (Å²) in [5, 5.41) is 8.85. The van der Waals surface area contributed by atoms with Crippen molar-refractivity contribution in [3.8, 4) is 0 Å². The van der Waals surface area contributed by atoms with Gasteiger partial charge in [0.05, 0.1) is 5.92 Å². The number of rotatable bonds is 4. The number of likely N-dealkylation sites (tertiary alicyclic amines) is 1. The first kappa shape index (κ1) is 16.0. The summed E-state index contributed by atoms with van der Waals surface area (Å²) in [5.41, 5.74) is 2.52. The summed E-state index contributed by atoms with van der Waals surface area (Å²) in [5.74, 6) is -0.160. The Morgan fingerprint density at radius 2 is 2.00 bits per heavy atom. The van der Waals surface area contributed by atoms with Crippen LogP contribution in [0.15, 0.2) is 24.3 Å². The number of carboxylic acids is 1. The molecule has 1 aliphatic heterocycles. The maximum atomic E-state index is 13.0. The summed E-state index contributed by atoms with van der Waals surface area (Å²) in [6.07, 6.45) is 6.00. The van der Waals surface area contributed by atoms with E-state index in [0.29, 0.717) is 12.3 Å². The molecule has 1 aromatic carbocycles. The molecule has 3 rings (SSSR count). The number of fused-ring (bicyclic) bond motifs is 1. The van der Waals surface area contributed by atoms with Crippen LogP contribution in [0.1, 0.15) is 55.6 Å². The number of carboxylic acid groups (broad SMARTS) is 1. The van der Waals surface area contributed by atoms with Crippen LogP contribution in [0.3, 0.4) is 0 Å². The Morgan fingerprint density at radius 1 is 1.17 bits per heavy atom. The normalized spacial score (nSPS) is 24.1. The van der Waals surface area contributed by atoms with Crippen LogP contribution >= 0.6 is 0 Å². The van der Waals surface area contributed by atoms with Crippen LogP contribution in [-0.4, -0.2) is 35.0 Å². The van der Waals surface area contributed by atoms with Crippen molar-refractivity contribution in [3.63, 3.8) is 0 Å². The number of piperidine rings is 1. The molecule has 0 radical (unpaired) electrons. The number of carbonyl (C=O) groups excluding carboxylic acids is 1. The molecule has 1 aromatic rings. The number of hydrogen-bond donors (Lipinski definition) is 1. The Hall–Kier alpha value is -1.84. The van der Waals surface area contributed by atoms with E-state index >= 15 is 0 Å². The van der Waals surface area contributed by atoms with Crippen LogP contribution in [0.25, 0.3) is 0 Å². The average Bonchev–Trinajstić information content (AvgIpc) is 2.59. The van der Waals surface area contributed by atoms with Crippen LogP contribution in [-0.2, 0) is 16.0 Å². The molecule has 2 aliphatic rings. The van der Waals surface area contributed by atoms with Gasteiger partial charge in [0.2, 0.25) is 5.91 Å². The minimum absolute atomic E-state index is 0.00169. The quantitative estimate of drug-likeness (QED) is 0.928. The molecule has 23 heavy (non-hydrogen) atoms. The zero-order chi connectivity index (χ0) is 16.2. The van der Waals surface area contributed by atoms with Crippen LogP contribution < -0.4 is 0 Å². The van der Waals surface area contributed by atoms with Gasteiger partial charge in [0.1, 0.15) is 0 Å². The Kier molecular flexibility index (Phi) is 4.99. The summed E-state index contributed by atoms with van der Waals surface area (Å²) in [6, 6.07) is 8.31. The highest BCUT2D eigenvalue weighted by atomic mass is 16.4. The lowest BCUT2D eigenvalue weighted by molar-refractivity contribution is -0.137. The van der Waals surface area contributed by atoms with Crippen molar-refractivity contribution in [2.24, 2.45) is 5.92 Å². The average molecular weight is 315 g/mol. The van der Waals surface area contributed by atoms with Crippen molar-refractivity contribution in [2.45, 2.75) is 50.9 Å². The molecule has 0 unspecified atom stereocenters. The second-order valence-electron chi connectivity index (χ2n) is 6.87. The van der Waals surface area contributed by atoms with Crippen LogP contribution in [0, 0.1) is 5.92 Å². The minimum atomic E-state index is -0.741. The van der Waals surface area contributed by atoms with E-state index in [2.05, 4.69) is 18.2 Å². The highest BCUT2D eigenvalue weighted by Gasteiger charge is 2.32. The first-order chi connectivity index (χ1) is 11.1. The van der Waals surface area contributed by atoms with Gasteiger partial charge in [-0.25, -0.2) is 0 Å². The zero-order valence-electron chi connectivity index (χ0n) is 13.5. The third-order valence-corrected chi connectivity index (χ3v) is 5.26. The highest BCUT2D eigenvalue weighted by Crippen LogP contribution is 2.34. The van der Waals surface area contributed by atoms with Gasteiger partial charge in [-0.2, -0.15) is 0 Å². The Bertz CT molecular complexity index is 584. The summed E-state index contributed by atoms with van der Waals surface area (Å²) in [6.45, 7) is 1.55. The number of carbonyl (C=O) groups is 2. The number of benzene rings is 1. The van der Waals surface area contributed by atoms with Crippen molar-refractivity contribution in [1.29, 1.82) is 0 Å². The molecule has 1 aliphatic carbocycles. The summed E-state index contributed by atoms with van der Waals surface area (Å²) >= 11 is 0. The molecule has 1 heterocycles. The van der Waals surface area contributed by atoms with Crippen molar-refractivity contribution in [1.82, 2.24) is 4.90 Å². The monoisotopic (exact) mass is 315 g/mol. The molecule has 0 saturated carbocycles. The third-order valence-electron chi connectivity index (χ3n) is 5.26. The van der Waals surface area contributed by atoms with Crippen molar-refractivity contribution < 1.29 is 14.7 Å². The second kappa shape index (κ2) is 7.16. The van der Waals surface area contributed by atoms with Crippen molar-refractivity contribution >= 4 is 11.9 Å². The fourth-order valence-electron chi connectivity index (χ4n) is 4.06. The predicted molar refractivity (Wildman–Crippen MR) is 88.3 cm³/mol. The number of aliphatic carboxylic acids is 1. The predicted octanol–water partition coefficient (Wildman–Crippen LogP) is 3.21. The minimum Gasteiger partial charge on any atom is -0.481 e. The van der Waals surface area contributed by atoms with Crippen LogP contribution in [0.4, 0.5) is 0 Å². The van der Waals surface area contributed by atoms with Gasteiger partial charge in [-0.05, 0) is 55.6 Å². The lowest BCUT2D eigenvalue weighted by Crippen LogP contribution is -2.43. The number of nitrogens with zero attached hydrogens (tertiary/aromatic N) is 1. The molecule has 1 N–H and O–H groups in total. The number of hydrogen-bond acceptors (Lipinski definition) is 2. The molecule has 1 amide bonds. The van der Waals surface area contributed by atoms with Crippen LogP contribution in [0.2, 0.25) is 0 Å². The molecule has 0 aromatic heterocycles. The lowest BCUT2D eigenvalue weighted by atomic mass is 9.81. The van der Waals surface area contributed by atoms with Crippen LogP contribution in [0.5, 0.6) is 0 Å². The van der Waals surface area contributed by atoms with Crippen molar-refractivity contribution in [2.75, 3.05) is 13.1 Å². The Labute approximate surface area is 137 Å². The van der Waals surface area contributed by atoms with Gasteiger partial charge >= 0.3 is 5.97 Å². The van der Waals surface area contributed by atoms with E-state index in [0.717, 1.165) is 45.2 Å². The molecule has 0 bridgehead atoms. The van der Waals surface area contributed by atoms with E-state index in [9.17, 15) is 9.59 Å². The molecular weight excluding hydrogens is 290 g/mol. The van der Waals surface area contributed by atoms with Gasteiger partial charge in [0.15, 0.2) is 0 Å². The van der Waals surface area contributed by atoms with E-state index in [4.69, 9.17) is 5.11 Å². The standard InChI is InChI=1S/C19H25NO3/c21-18(22)11-10-14-5-4-12-20(13-14)19(23)17-9-3-7-15-6-1-2-8-16(15)17/h1-2,6,8,14,17H,3-5,7,9-13H2,(H,21,22)/t14-,17-/m1/s1. The fraction of sp³-hybridized carbons (Fsp3) is 0.579. The molecule has 1 fully saturated rings. The first-order valence-corrected chi connectivity index (χ1v) is 8.73.